The van der Waals surface area contributed by atoms with E-state index in [1.165, 1.54) is 5.56 Å². The highest BCUT2D eigenvalue weighted by Crippen LogP contribution is 2.25. The van der Waals surface area contributed by atoms with E-state index in [0.717, 1.165) is 11.1 Å². The molecule has 0 aliphatic carbocycles. The summed E-state index contributed by atoms with van der Waals surface area (Å²) in [6, 6.07) is 17.7. The van der Waals surface area contributed by atoms with Crippen LogP contribution in [-0.2, 0) is 18.4 Å². The van der Waals surface area contributed by atoms with Crippen LogP contribution in [0.15, 0.2) is 60.8 Å². The Balaban J connectivity index is 1.86. The zero-order valence-corrected chi connectivity index (χ0v) is 20.5. The molecule has 0 radical (unpaired) electrons. The summed E-state index contributed by atoms with van der Waals surface area (Å²) in [6.45, 7) is 7.59. The Hall–Kier alpha value is -2.56. The Morgan fingerprint density at radius 1 is 1.00 bits per heavy atom. The molecule has 0 aliphatic heterocycles. The van der Waals surface area contributed by atoms with Crippen LogP contribution in [0, 0.1) is 0 Å². The maximum Gasteiger partial charge on any atom is 0.274 e. The van der Waals surface area contributed by atoms with Crippen molar-refractivity contribution in [2.45, 2.75) is 39.2 Å². The molecule has 6 heteroatoms. The lowest BCUT2D eigenvalue weighted by Gasteiger charge is -2.24. The summed E-state index contributed by atoms with van der Waals surface area (Å²) in [5.74, 6) is -0.116. The number of amides is 1. The van der Waals surface area contributed by atoms with E-state index in [1.807, 2.05) is 29.2 Å². The normalized spacial score (nSPS) is 11.3. The molecule has 32 heavy (non-hydrogen) atoms. The molecular weight excluding hydrogens is 441 g/mol. The van der Waals surface area contributed by atoms with Crippen LogP contribution < -0.4 is 5.32 Å². The van der Waals surface area contributed by atoms with Crippen molar-refractivity contribution in [2.75, 3.05) is 18.9 Å². The molecule has 3 rings (SSSR count). The second-order valence-electron chi connectivity index (χ2n) is 8.82. The van der Waals surface area contributed by atoms with Gasteiger partial charge in [0.2, 0.25) is 0 Å². The lowest BCUT2D eigenvalue weighted by Crippen LogP contribution is -2.33. The summed E-state index contributed by atoms with van der Waals surface area (Å²) in [5, 5.41) is 4.10. The van der Waals surface area contributed by atoms with E-state index in [-0.39, 0.29) is 11.3 Å². The molecule has 1 N–H and O–H groups in total. The molecule has 0 atom stereocenters. The van der Waals surface area contributed by atoms with Crippen molar-refractivity contribution < 1.29 is 4.79 Å². The van der Waals surface area contributed by atoms with Gasteiger partial charge in [-0.2, -0.15) is 0 Å². The Morgan fingerprint density at radius 2 is 1.69 bits per heavy atom. The first-order valence-corrected chi connectivity index (χ1v) is 11.4. The molecule has 1 aromatic heterocycles. The highest BCUT2D eigenvalue weighted by atomic mass is 35.5. The summed E-state index contributed by atoms with van der Waals surface area (Å²) in [7, 11) is 1.79. The molecule has 4 nitrogen and oxygen atoms in total. The van der Waals surface area contributed by atoms with Crippen molar-refractivity contribution in [2.24, 2.45) is 0 Å². The minimum atomic E-state index is -0.116. The number of carbonyl (C=O) groups excluding carboxylic acids is 1. The van der Waals surface area contributed by atoms with Crippen molar-refractivity contribution in [3.05, 3.63) is 93.2 Å². The van der Waals surface area contributed by atoms with E-state index in [2.05, 4.69) is 55.3 Å². The topological polar surface area (TPSA) is 45.2 Å². The van der Waals surface area contributed by atoms with Gasteiger partial charge in [-0.3, -0.25) is 4.79 Å². The van der Waals surface area contributed by atoms with Crippen LogP contribution in [0.3, 0.4) is 0 Å². The first-order valence-electron chi connectivity index (χ1n) is 10.6. The predicted molar refractivity (Wildman–Crippen MR) is 134 cm³/mol. The van der Waals surface area contributed by atoms with Gasteiger partial charge in [-0.15, -0.1) is 0 Å². The minimum absolute atomic E-state index is 0.0809. The lowest BCUT2D eigenvalue weighted by molar-refractivity contribution is 0.0740. The molecule has 0 bridgehead atoms. The summed E-state index contributed by atoms with van der Waals surface area (Å²) in [4.78, 5) is 19.7. The van der Waals surface area contributed by atoms with Crippen LogP contribution in [0.25, 0.3) is 0 Å². The maximum atomic E-state index is 13.5. The summed E-state index contributed by atoms with van der Waals surface area (Å²) in [5.41, 5.74) is 4.56. The standard InChI is InChI=1S/C26H29Cl2N3O/c1-26(2,3)20-10-7-19(8-11-20)17-31(15-13-18-9-12-21(27)22(28)16-18)25(32)24-23(29-4)6-5-14-30-24/h5-12,14,16,29H,13,15,17H2,1-4H3. The fourth-order valence-electron chi connectivity index (χ4n) is 3.47. The van der Waals surface area contributed by atoms with Crippen LogP contribution in [0.2, 0.25) is 10.0 Å². The molecule has 0 aliphatic rings. The number of nitrogens with zero attached hydrogens (tertiary/aromatic N) is 2. The smallest absolute Gasteiger partial charge is 0.274 e. The first-order chi connectivity index (χ1) is 15.2. The van der Waals surface area contributed by atoms with Gasteiger partial charge in [0.05, 0.1) is 15.7 Å². The molecule has 0 saturated heterocycles. The monoisotopic (exact) mass is 469 g/mol. The van der Waals surface area contributed by atoms with Gasteiger partial charge in [0.1, 0.15) is 0 Å². The van der Waals surface area contributed by atoms with Gasteiger partial charge in [0.15, 0.2) is 5.69 Å². The van der Waals surface area contributed by atoms with Gasteiger partial charge in [-0.25, -0.2) is 4.98 Å². The van der Waals surface area contributed by atoms with Gasteiger partial charge in [-0.1, -0.05) is 74.3 Å². The van der Waals surface area contributed by atoms with Crippen LogP contribution in [0.1, 0.15) is 48.0 Å². The highest BCUT2D eigenvalue weighted by Gasteiger charge is 2.21. The molecule has 168 valence electrons. The van der Waals surface area contributed by atoms with Crippen molar-refractivity contribution in [1.82, 2.24) is 9.88 Å². The Kier molecular flexibility index (Phi) is 7.81. The summed E-state index contributed by atoms with van der Waals surface area (Å²) in [6.07, 6.45) is 2.30. The zero-order chi connectivity index (χ0) is 23.3. The third-order valence-electron chi connectivity index (χ3n) is 5.41. The van der Waals surface area contributed by atoms with Crippen LogP contribution in [-0.4, -0.2) is 29.4 Å². The zero-order valence-electron chi connectivity index (χ0n) is 19.0. The lowest BCUT2D eigenvalue weighted by atomic mass is 9.87. The third kappa shape index (κ3) is 6.02. The summed E-state index contributed by atoms with van der Waals surface area (Å²) >= 11 is 12.2. The van der Waals surface area contributed by atoms with Gasteiger partial charge in [0.25, 0.3) is 5.91 Å². The molecule has 1 heterocycles. The van der Waals surface area contributed by atoms with E-state index in [4.69, 9.17) is 23.2 Å². The van der Waals surface area contributed by atoms with E-state index in [1.54, 1.807) is 19.3 Å². The molecule has 0 unspecified atom stereocenters. The number of hydrogen-bond acceptors (Lipinski definition) is 3. The molecule has 3 aromatic rings. The van der Waals surface area contributed by atoms with E-state index >= 15 is 0 Å². The van der Waals surface area contributed by atoms with E-state index < -0.39 is 0 Å². The predicted octanol–water partition coefficient (Wildman–Crippen LogP) is 6.61. The minimum Gasteiger partial charge on any atom is -0.386 e. The largest absolute Gasteiger partial charge is 0.386 e. The van der Waals surface area contributed by atoms with Gasteiger partial charge >= 0.3 is 0 Å². The van der Waals surface area contributed by atoms with E-state index in [9.17, 15) is 4.79 Å². The van der Waals surface area contributed by atoms with Crippen molar-refractivity contribution in [1.29, 1.82) is 0 Å². The quantitative estimate of drug-likeness (QED) is 0.423. The first kappa shape index (κ1) is 24.1. The van der Waals surface area contributed by atoms with Crippen molar-refractivity contribution in [3.63, 3.8) is 0 Å². The number of pyridine rings is 1. The molecule has 1 amide bonds. The Morgan fingerprint density at radius 3 is 2.31 bits per heavy atom. The van der Waals surface area contributed by atoms with Crippen LogP contribution in [0.4, 0.5) is 5.69 Å². The average molecular weight is 470 g/mol. The number of anilines is 1. The van der Waals surface area contributed by atoms with E-state index in [0.29, 0.717) is 40.9 Å². The van der Waals surface area contributed by atoms with Gasteiger partial charge in [-0.05, 0) is 52.8 Å². The molecular formula is C26H29Cl2N3O. The number of carbonyl (C=O) groups is 1. The van der Waals surface area contributed by atoms with Crippen molar-refractivity contribution >= 4 is 34.8 Å². The number of halogens is 2. The van der Waals surface area contributed by atoms with Crippen LogP contribution >= 0.6 is 23.2 Å². The molecule has 0 saturated carbocycles. The van der Waals surface area contributed by atoms with Crippen molar-refractivity contribution in [3.8, 4) is 0 Å². The number of benzene rings is 2. The van der Waals surface area contributed by atoms with Crippen LogP contribution in [0.5, 0.6) is 0 Å². The average Bonchev–Trinajstić information content (AvgIpc) is 2.78. The molecule has 0 spiro atoms. The second-order valence-corrected chi connectivity index (χ2v) is 9.64. The number of nitrogens with one attached hydrogen (secondary N) is 1. The van der Waals surface area contributed by atoms with Gasteiger partial charge < -0.3 is 10.2 Å². The molecule has 2 aromatic carbocycles. The number of aromatic nitrogens is 1. The Bertz CT molecular complexity index is 1080. The summed E-state index contributed by atoms with van der Waals surface area (Å²) < 4.78 is 0. The maximum absolute atomic E-state index is 13.5. The third-order valence-corrected chi connectivity index (χ3v) is 6.15. The highest BCUT2D eigenvalue weighted by molar-refractivity contribution is 6.42. The SMILES string of the molecule is CNc1cccnc1C(=O)N(CCc1ccc(Cl)c(Cl)c1)Cc1ccc(C(C)(C)C)cc1. The second kappa shape index (κ2) is 10.4. The fraction of sp³-hybridized carbons (Fsp3) is 0.308. The number of rotatable bonds is 7. The fourth-order valence-corrected chi connectivity index (χ4v) is 3.79. The number of hydrogen-bond donors (Lipinski definition) is 1. The Labute approximate surface area is 200 Å². The molecule has 0 fully saturated rings. The van der Waals surface area contributed by atoms with Gasteiger partial charge in [0, 0.05) is 26.3 Å².